The van der Waals surface area contributed by atoms with Gasteiger partial charge in [-0.05, 0) is 37.1 Å². The third-order valence-electron chi connectivity index (χ3n) is 2.97. The number of benzene rings is 1. The Morgan fingerprint density at radius 3 is 2.76 bits per heavy atom. The van der Waals surface area contributed by atoms with Crippen molar-refractivity contribution in [1.29, 1.82) is 0 Å². The summed E-state index contributed by atoms with van der Waals surface area (Å²) in [5.41, 5.74) is 7.98. The van der Waals surface area contributed by atoms with E-state index >= 15 is 0 Å². The summed E-state index contributed by atoms with van der Waals surface area (Å²) in [6, 6.07) is 9.65. The minimum atomic E-state index is -0.0387. The maximum atomic E-state index is 6.09. The summed E-state index contributed by atoms with van der Waals surface area (Å²) in [5, 5.41) is 0.750. The van der Waals surface area contributed by atoms with Gasteiger partial charge in [-0.15, -0.1) is 0 Å². The van der Waals surface area contributed by atoms with Gasteiger partial charge in [-0.25, -0.2) is 0 Å². The van der Waals surface area contributed by atoms with Crippen LogP contribution in [0.3, 0.4) is 0 Å². The Bertz CT molecular complexity index is 519. The standard InChI is InChI=1S/C14H16ClNO/c1-3-12(16)14-8-7-13(17-14)10-5-4-6-11(15)9(10)2/h4-8,12H,3,16H2,1-2H3. The number of furan rings is 1. The zero-order chi connectivity index (χ0) is 12.4. The minimum Gasteiger partial charge on any atom is -0.459 e. The van der Waals surface area contributed by atoms with Crippen molar-refractivity contribution in [3.8, 4) is 11.3 Å². The van der Waals surface area contributed by atoms with Crippen LogP contribution in [0.1, 0.15) is 30.7 Å². The van der Waals surface area contributed by atoms with E-state index in [1.807, 2.05) is 44.2 Å². The second-order valence-electron chi connectivity index (χ2n) is 4.13. The Balaban J connectivity index is 2.40. The van der Waals surface area contributed by atoms with Crippen LogP contribution in [-0.2, 0) is 0 Å². The van der Waals surface area contributed by atoms with Crippen molar-refractivity contribution >= 4 is 11.6 Å². The molecule has 0 aliphatic heterocycles. The molecule has 0 bridgehead atoms. The van der Waals surface area contributed by atoms with E-state index in [9.17, 15) is 0 Å². The molecule has 17 heavy (non-hydrogen) atoms. The van der Waals surface area contributed by atoms with Gasteiger partial charge in [0, 0.05) is 10.6 Å². The summed E-state index contributed by atoms with van der Waals surface area (Å²) in [5.74, 6) is 1.64. The molecule has 0 aliphatic rings. The maximum Gasteiger partial charge on any atom is 0.134 e. The Hall–Kier alpha value is -1.25. The average molecular weight is 250 g/mol. The topological polar surface area (TPSA) is 39.2 Å². The van der Waals surface area contributed by atoms with Crippen LogP contribution < -0.4 is 5.73 Å². The van der Waals surface area contributed by atoms with Gasteiger partial charge >= 0.3 is 0 Å². The van der Waals surface area contributed by atoms with E-state index in [1.54, 1.807) is 0 Å². The van der Waals surface area contributed by atoms with Gasteiger partial charge in [0.15, 0.2) is 0 Å². The molecule has 1 aromatic heterocycles. The summed E-state index contributed by atoms with van der Waals surface area (Å²) >= 11 is 6.09. The van der Waals surface area contributed by atoms with Crippen molar-refractivity contribution in [2.75, 3.05) is 0 Å². The zero-order valence-electron chi connectivity index (χ0n) is 10.0. The molecule has 0 radical (unpaired) electrons. The van der Waals surface area contributed by atoms with E-state index in [4.69, 9.17) is 21.8 Å². The van der Waals surface area contributed by atoms with Gasteiger partial charge in [0.05, 0.1) is 6.04 Å². The number of halogens is 1. The third kappa shape index (κ3) is 2.38. The second kappa shape index (κ2) is 4.94. The van der Waals surface area contributed by atoms with Crippen LogP contribution in [0, 0.1) is 6.92 Å². The molecule has 2 nitrogen and oxygen atoms in total. The zero-order valence-corrected chi connectivity index (χ0v) is 10.8. The van der Waals surface area contributed by atoms with Crippen LogP contribution in [0.2, 0.25) is 5.02 Å². The van der Waals surface area contributed by atoms with Crippen LogP contribution in [0.15, 0.2) is 34.7 Å². The van der Waals surface area contributed by atoms with Crippen molar-refractivity contribution in [3.05, 3.63) is 46.7 Å². The summed E-state index contributed by atoms with van der Waals surface area (Å²) in [6.07, 6.45) is 0.863. The molecule has 0 saturated heterocycles. The number of hydrogen-bond donors (Lipinski definition) is 1. The van der Waals surface area contributed by atoms with E-state index in [-0.39, 0.29) is 6.04 Å². The fourth-order valence-electron chi connectivity index (χ4n) is 1.77. The largest absolute Gasteiger partial charge is 0.459 e. The Kier molecular flexibility index (Phi) is 3.55. The molecule has 1 aromatic carbocycles. The first-order chi connectivity index (χ1) is 8.13. The van der Waals surface area contributed by atoms with E-state index < -0.39 is 0 Å². The van der Waals surface area contributed by atoms with Crippen molar-refractivity contribution in [3.63, 3.8) is 0 Å². The summed E-state index contributed by atoms with van der Waals surface area (Å²) in [6.45, 7) is 4.02. The highest BCUT2D eigenvalue weighted by atomic mass is 35.5. The van der Waals surface area contributed by atoms with Gasteiger partial charge in [-0.2, -0.15) is 0 Å². The minimum absolute atomic E-state index is 0.0387. The van der Waals surface area contributed by atoms with Gasteiger partial charge < -0.3 is 10.2 Å². The molecule has 90 valence electrons. The van der Waals surface area contributed by atoms with Crippen LogP contribution >= 0.6 is 11.6 Å². The van der Waals surface area contributed by atoms with Crippen LogP contribution in [0.25, 0.3) is 11.3 Å². The van der Waals surface area contributed by atoms with Gasteiger partial charge in [-0.3, -0.25) is 0 Å². The highest BCUT2D eigenvalue weighted by Crippen LogP contribution is 2.31. The predicted octanol–water partition coefficient (Wildman–Crippen LogP) is 4.32. The van der Waals surface area contributed by atoms with Gasteiger partial charge in [-0.1, -0.05) is 30.7 Å². The van der Waals surface area contributed by atoms with Gasteiger partial charge in [0.2, 0.25) is 0 Å². The quantitative estimate of drug-likeness (QED) is 0.880. The van der Waals surface area contributed by atoms with E-state index in [0.29, 0.717) is 0 Å². The van der Waals surface area contributed by atoms with E-state index in [2.05, 4.69) is 0 Å². The molecule has 1 heterocycles. The first-order valence-corrected chi connectivity index (χ1v) is 6.12. The molecule has 2 N–H and O–H groups in total. The highest BCUT2D eigenvalue weighted by Gasteiger charge is 2.12. The monoisotopic (exact) mass is 249 g/mol. The van der Waals surface area contributed by atoms with E-state index in [1.165, 1.54) is 0 Å². The lowest BCUT2D eigenvalue weighted by atomic mass is 10.1. The molecule has 2 rings (SSSR count). The lowest BCUT2D eigenvalue weighted by molar-refractivity contribution is 0.470. The number of hydrogen-bond acceptors (Lipinski definition) is 2. The fourth-order valence-corrected chi connectivity index (χ4v) is 1.95. The molecule has 0 spiro atoms. The van der Waals surface area contributed by atoms with Crippen LogP contribution in [0.4, 0.5) is 0 Å². The summed E-state index contributed by atoms with van der Waals surface area (Å²) < 4.78 is 5.77. The number of rotatable bonds is 3. The van der Waals surface area contributed by atoms with Crippen molar-refractivity contribution < 1.29 is 4.42 Å². The third-order valence-corrected chi connectivity index (χ3v) is 3.37. The molecule has 0 saturated carbocycles. The van der Waals surface area contributed by atoms with Crippen molar-refractivity contribution in [2.45, 2.75) is 26.3 Å². The maximum absolute atomic E-state index is 6.09. The Morgan fingerprint density at radius 2 is 2.06 bits per heavy atom. The summed E-state index contributed by atoms with van der Waals surface area (Å²) in [7, 11) is 0. The number of nitrogens with two attached hydrogens (primary N) is 1. The molecule has 0 amide bonds. The van der Waals surface area contributed by atoms with Gasteiger partial charge in [0.25, 0.3) is 0 Å². The molecule has 3 heteroatoms. The summed E-state index contributed by atoms with van der Waals surface area (Å²) in [4.78, 5) is 0. The van der Waals surface area contributed by atoms with Gasteiger partial charge in [0.1, 0.15) is 11.5 Å². The second-order valence-corrected chi connectivity index (χ2v) is 4.54. The van der Waals surface area contributed by atoms with Crippen molar-refractivity contribution in [1.82, 2.24) is 0 Å². The average Bonchev–Trinajstić information content (AvgIpc) is 2.81. The first-order valence-electron chi connectivity index (χ1n) is 5.74. The van der Waals surface area contributed by atoms with E-state index in [0.717, 1.165) is 34.1 Å². The molecular weight excluding hydrogens is 234 g/mol. The van der Waals surface area contributed by atoms with Crippen molar-refractivity contribution in [2.24, 2.45) is 5.73 Å². The smallest absolute Gasteiger partial charge is 0.134 e. The predicted molar refractivity (Wildman–Crippen MR) is 71.1 cm³/mol. The molecule has 2 aromatic rings. The van der Waals surface area contributed by atoms with Crippen LogP contribution in [-0.4, -0.2) is 0 Å². The normalized spacial score (nSPS) is 12.7. The molecular formula is C14H16ClNO. The fraction of sp³-hybridized carbons (Fsp3) is 0.286. The lowest BCUT2D eigenvalue weighted by Crippen LogP contribution is -2.06. The molecule has 1 unspecified atom stereocenters. The molecule has 0 aliphatic carbocycles. The SMILES string of the molecule is CCC(N)c1ccc(-c2cccc(Cl)c2C)o1. The first kappa shape index (κ1) is 12.2. The van der Waals surface area contributed by atoms with Crippen LogP contribution in [0.5, 0.6) is 0 Å². The highest BCUT2D eigenvalue weighted by molar-refractivity contribution is 6.31. The Labute approximate surface area is 106 Å². The molecule has 1 atom stereocenters. The Morgan fingerprint density at radius 1 is 1.29 bits per heavy atom. The molecule has 0 fully saturated rings. The lowest BCUT2D eigenvalue weighted by Gasteiger charge is -2.06.